The number of hydrogen-bond acceptors (Lipinski definition) is 5. The van der Waals surface area contributed by atoms with Crippen LogP contribution in [0.1, 0.15) is 18.7 Å². The van der Waals surface area contributed by atoms with Gasteiger partial charge in [-0.25, -0.2) is 17.8 Å². The van der Waals surface area contributed by atoms with Gasteiger partial charge in [-0.2, -0.15) is 4.31 Å². The predicted molar refractivity (Wildman–Crippen MR) is 121 cm³/mol. The monoisotopic (exact) mass is 472 g/mol. The Morgan fingerprint density at radius 2 is 1.85 bits per heavy atom. The molecule has 1 amide bonds. The lowest BCUT2D eigenvalue weighted by Gasteiger charge is -2.30. The molecule has 0 aliphatic carbocycles. The van der Waals surface area contributed by atoms with Gasteiger partial charge in [-0.05, 0) is 62.2 Å². The number of nitrogens with one attached hydrogen (secondary N) is 1. The highest BCUT2D eigenvalue weighted by atomic mass is 32.2. The van der Waals surface area contributed by atoms with Crippen LogP contribution in [0.25, 0.3) is 5.69 Å². The molecule has 0 bridgehead atoms. The Balaban J connectivity index is 1.37. The van der Waals surface area contributed by atoms with Crippen molar-refractivity contribution in [2.75, 3.05) is 25.5 Å². The second-order valence-corrected chi connectivity index (χ2v) is 9.79. The van der Waals surface area contributed by atoms with Crippen LogP contribution in [0.4, 0.5) is 10.1 Å². The molecule has 1 fully saturated rings. The Morgan fingerprint density at radius 3 is 2.42 bits per heavy atom. The number of anilines is 1. The number of amides is 1. The van der Waals surface area contributed by atoms with E-state index in [9.17, 15) is 17.6 Å². The number of aryl methyl sites for hydroxylation is 1. The van der Waals surface area contributed by atoms with Gasteiger partial charge in [0.25, 0.3) is 0 Å². The lowest BCUT2D eigenvalue weighted by Crippen LogP contribution is -2.41. The molecule has 1 N–H and O–H groups in total. The average Bonchev–Trinajstić information content (AvgIpc) is 3.24. The molecule has 0 saturated carbocycles. The first-order valence-electron chi connectivity index (χ1n) is 10.5. The third kappa shape index (κ3) is 4.76. The summed E-state index contributed by atoms with van der Waals surface area (Å²) in [5.41, 5.74) is 0.701. The van der Waals surface area contributed by atoms with E-state index in [2.05, 4.69) is 10.3 Å². The number of aromatic nitrogens is 2. The number of benzene rings is 2. The molecule has 1 aliphatic heterocycles. The zero-order valence-corrected chi connectivity index (χ0v) is 19.2. The van der Waals surface area contributed by atoms with Crippen LogP contribution in [0.15, 0.2) is 59.8 Å². The highest BCUT2D eigenvalue weighted by molar-refractivity contribution is 7.89. The van der Waals surface area contributed by atoms with Gasteiger partial charge in [0.1, 0.15) is 17.4 Å². The van der Waals surface area contributed by atoms with E-state index in [1.165, 1.54) is 29.6 Å². The molecule has 2 aromatic carbocycles. The van der Waals surface area contributed by atoms with Crippen LogP contribution in [-0.4, -0.2) is 48.4 Å². The molecule has 0 spiro atoms. The van der Waals surface area contributed by atoms with Crippen LogP contribution in [-0.2, 0) is 14.8 Å². The maximum atomic E-state index is 14.6. The third-order valence-corrected chi connectivity index (χ3v) is 7.74. The van der Waals surface area contributed by atoms with Gasteiger partial charge in [-0.1, -0.05) is 0 Å². The van der Waals surface area contributed by atoms with E-state index in [1.807, 2.05) is 0 Å². The van der Waals surface area contributed by atoms with Crippen LogP contribution < -0.4 is 10.1 Å². The van der Waals surface area contributed by atoms with Crippen molar-refractivity contribution in [1.29, 1.82) is 0 Å². The lowest BCUT2D eigenvalue weighted by molar-refractivity contribution is -0.120. The van der Waals surface area contributed by atoms with Gasteiger partial charge in [0.2, 0.25) is 15.9 Å². The van der Waals surface area contributed by atoms with E-state index in [1.54, 1.807) is 48.1 Å². The molecule has 2 heterocycles. The number of carbonyl (C=O) groups excluding carboxylic acids is 1. The predicted octanol–water partition coefficient (Wildman–Crippen LogP) is 3.37. The van der Waals surface area contributed by atoms with E-state index in [-0.39, 0.29) is 29.8 Å². The molecule has 33 heavy (non-hydrogen) atoms. The number of rotatable bonds is 6. The number of nitrogens with zero attached hydrogens (tertiary/aromatic N) is 3. The average molecular weight is 473 g/mol. The second-order valence-electron chi connectivity index (χ2n) is 7.85. The molecule has 174 valence electrons. The molecular weight excluding hydrogens is 447 g/mol. The molecule has 10 heteroatoms. The fourth-order valence-corrected chi connectivity index (χ4v) is 5.38. The zero-order valence-electron chi connectivity index (χ0n) is 18.4. The molecule has 8 nitrogen and oxygen atoms in total. The summed E-state index contributed by atoms with van der Waals surface area (Å²) in [7, 11) is -2.12. The van der Waals surface area contributed by atoms with Crippen LogP contribution in [0.2, 0.25) is 0 Å². The number of halogens is 1. The maximum Gasteiger partial charge on any atom is 0.243 e. The number of hydrogen-bond donors (Lipinski definition) is 1. The molecule has 1 aromatic heterocycles. The summed E-state index contributed by atoms with van der Waals surface area (Å²) in [5.74, 6) is 0.152. The quantitative estimate of drug-likeness (QED) is 0.594. The van der Waals surface area contributed by atoms with E-state index in [0.29, 0.717) is 35.8 Å². The SMILES string of the molecule is COc1ccc(S(=O)(=O)N2CCC(C(=O)Nc3ccc(-n4ccnc4C)c(F)c3)CC2)cc1. The summed E-state index contributed by atoms with van der Waals surface area (Å²) in [6.07, 6.45) is 4.03. The van der Waals surface area contributed by atoms with Crippen molar-refractivity contribution >= 4 is 21.6 Å². The van der Waals surface area contributed by atoms with Gasteiger partial charge in [0.15, 0.2) is 0 Å². The smallest absolute Gasteiger partial charge is 0.243 e. The van der Waals surface area contributed by atoms with Gasteiger partial charge in [0.05, 0.1) is 17.7 Å². The number of carbonyl (C=O) groups is 1. The standard InChI is InChI=1S/C23H25FN4O4S/c1-16-25-11-14-28(16)22-8-3-18(15-21(22)24)26-23(29)17-9-12-27(13-10-17)33(30,31)20-6-4-19(32-2)5-7-20/h3-8,11,14-15,17H,9-10,12-13H2,1-2H3,(H,26,29). The summed E-state index contributed by atoms with van der Waals surface area (Å²) in [6.45, 7) is 2.25. The highest BCUT2D eigenvalue weighted by Gasteiger charge is 2.32. The molecule has 4 rings (SSSR count). The number of sulfonamides is 1. The molecule has 0 unspecified atom stereocenters. The van der Waals surface area contributed by atoms with Crippen LogP contribution in [0.3, 0.4) is 0 Å². The molecule has 3 aromatic rings. The van der Waals surface area contributed by atoms with Gasteiger partial charge in [0, 0.05) is 37.1 Å². The third-order valence-electron chi connectivity index (χ3n) is 5.82. The van der Waals surface area contributed by atoms with Gasteiger partial charge in [-0.15, -0.1) is 0 Å². The van der Waals surface area contributed by atoms with Crippen LogP contribution >= 0.6 is 0 Å². The Kier molecular flexibility index (Phi) is 6.48. The Morgan fingerprint density at radius 1 is 1.15 bits per heavy atom. The second kappa shape index (κ2) is 9.32. The van der Waals surface area contributed by atoms with E-state index in [0.717, 1.165) is 0 Å². The topological polar surface area (TPSA) is 93.5 Å². The molecule has 1 saturated heterocycles. The zero-order chi connectivity index (χ0) is 23.6. The van der Waals surface area contributed by atoms with Crippen molar-refractivity contribution < 1.29 is 22.3 Å². The Hall–Kier alpha value is -3.24. The molecule has 0 atom stereocenters. The van der Waals surface area contributed by atoms with Crippen molar-refractivity contribution in [2.45, 2.75) is 24.7 Å². The Labute approximate surface area is 192 Å². The van der Waals surface area contributed by atoms with Gasteiger partial charge in [-0.3, -0.25) is 4.79 Å². The van der Waals surface area contributed by atoms with Crippen molar-refractivity contribution in [3.8, 4) is 11.4 Å². The summed E-state index contributed by atoms with van der Waals surface area (Å²) < 4.78 is 48.4. The summed E-state index contributed by atoms with van der Waals surface area (Å²) in [5, 5.41) is 2.75. The van der Waals surface area contributed by atoms with Crippen molar-refractivity contribution in [2.24, 2.45) is 5.92 Å². The van der Waals surface area contributed by atoms with E-state index < -0.39 is 15.8 Å². The molecular formula is C23H25FN4O4S. The molecule has 1 aliphatic rings. The maximum absolute atomic E-state index is 14.6. The summed E-state index contributed by atoms with van der Waals surface area (Å²) >= 11 is 0. The van der Waals surface area contributed by atoms with Gasteiger partial charge >= 0.3 is 0 Å². The normalized spacial score (nSPS) is 15.4. The largest absolute Gasteiger partial charge is 0.497 e. The van der Waals surface area contributed by atoms with E-state index >= 15 is 0 Å². The van der Waals surface area contributed by atoms with Crippen molar-refractivity contribution in [3.63, 3.8) is 0 Å². The highest BCUT2D eigenvalue weighted by Crippen LogP contribution is 2.26. The summed E-state index contributed by atoms with van der Waals surface area (Å²) in [6, 6.07) is 10.7. The summed E-state index contributed by atoms with van der Waals surface area (Å²) in [4.78, 5) is 17.0. The number of imidazole rings is 1. The van der Waals surface area contributed by atoms with Crippen molar-refractivity contribution in [1.82, 2.24) is 13.9 Å². The Bertz CT molecular complexity index is 1250. The minimum atomic E-state index is -3.64. The van der Waals surface area contributed by atoms with Crippen molar-refractivity contribution in [3.05, 3.63) is 66.5 Å². The first-order valence-corrected chi connectivity index (χ1v) is 12.0. The fraction of sp³-hybridized carbons (Fsp3) is 0.304. The van der Waals surface area contributed by atoms with E-state index in [4.69, 9.17) is 4.74 Å². The number of ether oxygens (including phenoxy) is 1. The number of piperidine rings is 1. The first kappa shape index (κ1) is 22.9. The minimum Gasteiger partial charge on any atom is -0.497 e. The lowest BCUT2D eigenvalue weighted by atomic mass is 9.97. The fourth-order valence-electron chi connectivity index (χ4n) is 3.91. The molecule has 0 radical (unpaired) electrons. The number of methoxy groups -OCH3 is 1. The van der Waals surface area contributed by atoms with Crippen LogP contribution in [0, 0.1) is 18.7 Å². The van der Waals surface area contributed by atoms with Crippen LogP contribution in [0.5, 0.6) is 5.75 Å². The minimum absolute atomic E-state index is 0.190. The first-order chi connectivity index (χ1) is 15.8. The van der Waals surface area contributed by atoms with Gasteiger partial charge < -0.3 is 14.6 Å².